The molecule has 0 fully saturated rings. The van der Waals surface area contributed by atoms with Gasteiger partial charge in [0.25, 0.3) is 0 Å². The van der Waals surface area contributed by atoms with E-state index in [2.05, 4.69) is 15.3 Å². The zero-order chi connectivity index (χ0) is 11.7. The van der Waals surface area contributed by atoms with Gasteiger partial charge in [-0.05, 0) is 25.9 Å². The standard InChI is InChI=1S/C9H19N5O/c1-4-14(6-5-11-13-10)7-9(15)12-8(2)3/h8H,4-7H2,1-3H3,(H,12,15). The minimum atomic E-state index is 0.00721. The summed E-state index contributed by atoms with van der Waals surface area (Å²) in [4.78, 5) is 16.0. The maximum atomic E-state index is 11.4. The third kappa shape index (κ3) is 7.78. The number of carbonyl (C=O) groups is 1. The van der Waals surface area contributed by atoms with Crippen molar-refractivity contribution < 1.29 is 4.79 Å². The molecule has 0 aromatic rings. The Morgan fingerprint density at radius 2 is 2.27 bits per heavy atom. The fourth-order valence-corrected chi connectivity index (χ4v) is 1.15. The molecule has 0 aliphatic rings. The van der Waals surface area contributed by atoms with E-state index in [1.54, 1.807) is 0 Å². The van der Waals surface area contributed by atoms with Crippen molar-refractivity contribution in [1.29, 1.82) is 0 Å². The number of amides is 1. The van der Waals surface area contributed by atoms with Crippen LogP contribution in [0.4, 0.5) is 0 Å². The number of azide groups is 1. The van der Waals surface area contributed by atoms with Crippen LogP contribution in [0.2, 0.25) is 0 Å². The van der Waals surface area contributed by atoms with Crippen molar-refractivity contribution in [2.75, 3.05) is 26.2 Å². The molecule has 0 saturated carbocycles. The maximum absolute atomic E-state index is 11.4. The molecule has 86 valence electrons. The topological polar surface area (TPSA) is 81.1 Å². The van der Waals surface area contributed by atoms with Gasteiger partial charge < -0.3 is 5.32 Å². The fourth-order valence-electron chi connectivity index (χ4n) is 1.15. The maximum Gasteiger partial charge on any atom is 0.234 e. The van der Waals surface area contributed by atoms with Gasteiger partial charge >= 0.3 is 0 Å². The molecule has 0 saturated heterocycles. The Bertz CT molecular complexity index is 235. The van der Waals surface area contributed by atoms with Gasteiger partial charge in [-0.25, -0.2) is 0 Å². The van der Waals surface area contributed by atoms with E-state index in [-0.39, 0.29) is 11.9 Å². The number of rotatable bonds is 7. The SMILES string of the molecule is CCN(CCN=[N+]=[N-])CC(=O)NC(C)C. The molecule has 15 heavy (non-hydrogen) atoms. The highest BCUT2D eigenvalue weighted by atomic mass is 16.2. The Kier molecular flexibility index (Phi) is 7.40. The molecule has 0 bridgehead atoms. The lowest BCUT2D eigenvalue weighted by molar-refractivity contribution is -0.122. The van der Waals surface area contributed by atoms with Gasteiger partial charge in [-0.1, -0.05) is 12.0 Å². The summed E-state index contributed by atoms with van der Waals surface area (Å²) in [7, 11) is 0. The lowest BCUT2D eigenvalue weighted by atomic mass is 10.3. The monoisotopic (exact) mass is 213 g/mol. The molecule has 0 spiro atoms. The smallest absolute Gasteiger partial charge is 0.234 e. The predicted octanol–water partition coefficient (Wildman–Crippen LogP) is 1.14. The summed E-state index contributed by atoms with van der Waals surface area (Å²) in [5, 5.41) is 6.25. The van der Waals surface area contributed by atoms with Gasteiger partial charge in [0.1, 0.15) is 0 Å². The van der Waals surface area contributed by atoms with Crippen LogP contribution in [-0.2, 0) is 4.79 Å². The van der Waals surface area contributed by atoms with Crippen molar-refractivity contribution >= 4 is 5.91 Å². The average molecular weight is 213 g/mol. The van der Waals surface area contributed by atoms with Crippen LogP contribution in [0.3, 0.4) is 0 Å². The lowest BCUT2D eigenvalue weighted by Crippen LogP contribution is -2.40. The van der Waals surface area contributed by atoms with Crippen LogP contribution in [0.25, 0.3) is 10.4 Å². The number of nitrogens with one attached hydrogen (secondary N) is 1. The first kappa shape index (κ1) is 13.7. The fraction of sp³-hybridized carbons (Fsp3) is 0.889. The van der Waals surface area contributed by atoms with E-state index in [9.17, 15) is 4.79 Å². The van der Waals surface area contributed by atoms with E-state index in [0.29, 0.717) is 19.6 Å². The minimum Gasteiger partial charge on any atom is -0.353 e. The first-order chi connectivity index (χ1) is 7.10. The number of carbonyl (C=O) groups excluding carboxylic acids is 1. The summed E-state index contributed by atoms with van der Waals surface area (Å²) in [6.45, 7) is 7.97. The van der Waals surface area contributed by atoms with Crippen LogP contribution < -0.4 is 5.32 Å². The molecule has 1 N–H and O–H groups in total. The van der Waals surface area contributed by atoms with Crippen molar-refractivity contribution in [3.63, 3.8) is 0 Å². The first-order valence-corrected chi connectivity index (χ1v) is 5.12. The Morgan fingerprint density at radius 3 is 2.73 bits per heavy atom. The molecule has 6 heteroatoms. The van der Waals surface area contributed by atoms with Gasteiger partial charge in [0.15, 0.2) is 0 Å². The van der Waals surface area contributed by atoms with Crippen LogP contribution >= 0.6 is 0 Å². The van der Waals surface area contributed by atoms with E-state index in [4.69, 9.17) is 5.53 Å². The van der Waals surface area contributed by atoms with Crippen molar-refractivity contribution in [1.82, 2.24) is 10.2 Å². The Labute approximate surface area is 90.3 Å². The first-order valence-electron chi connectivity index (χ1n) is 5.12. The quantitative estimate of drug-likeness (QED) is 0.391. The highest BCUT2D eigenvalue weighted by molar-refractivity contribution is 5.78. The number of hydrogen-bond donors (Lipinski definition) is 1. The number of likely N-dealkylation sites (N-methyl/N-ethyl adjacent to an activating group) is 1. The van der Waals surface area contributed by atoms with Gasteiger partial charge in [0.05, 0.1) is 6.54 Å². The van der Waals surface area contributed by atoms with E-state index in [1.807, 2.05) is 25.7 Å². The van der Waals surface area contributed by atoms with Crippen molar-refractivity contribution in [3.8, 4) is 0 Å². The zero-order valence-electron chi connectivity index (χ0n) is 9.60. The molecule has 0 atom stereocenters. The van der Waals surface area contributed by atoms with Gasteiger partial charge in [-0.15, -0.1) is 0 Å². The van der Waals surface area contributed by atoms with Crippen molar-refractivity contribution in [3.05, 3.63) is 10.4 Å². The molecule has 0 aromatic heterocycles. The Hall–Kier alpha value is -1.26. The third-order valence-corrected chi connectivity index (χ3v) is 1.84. The van der Waals surface area contributed by atoms with E-state index in [1.165, 1.54) is 0 Å². The predicted molar refractivity (Wildman–Crippen MR) is 59.4 cm³/mol. The second-order valence-corrected chi connectivity index (χ2v) is 3.55. The van der Waals surface area contributed by atoms with Gasteiger partial charge in [0, 0.05) is 24.0 Å². The molecule has 0 aromatic carbocycles. The zero-order valence-corrected chi connectivity index (χ0v) is 9.60. The van der Waals surface area contributed by atoms with Crippen LogP contribution in [-0.4, -0.2) is 43.0 Å². The molecule has 0 aliphatic heterocycles. The molecule has 0 rings (SSSR count). The Balaban J connectivity index is 3.87. The molecule has 0 unspecified atom stereocenters. The van der Waals surface area contributed by atoms with Crippen LogP contribution in [0, 0.1) is 0 Å². The molecule has 6 nitrogen and oxygen atoms in total. The highest BCUT2D eigenvalue weighted by Crippen LogP contribution is 1.89. The molecular weight excluding hydrogens is 194 g/mol. The van der Waals surface area contributed by atoms with E-state index in [0.717, 1.165) is 6.54 Å². The summed E-state index contributed by atoms with van der Waals surface area (Å²) in [5.41, 5.74) is 8.11. The van der Waals surface area contributed by atoms with Crippen LogP contribution in [0.5, 0.6) is 0 Å². The molecule has 0 aliphatic carbocycles. The van der Waals surface area contributed by atoms with E-state index >= 15 is 0 Å². The molecule has 0 radical (unpaired) electrons. The second kappa shape index (κ2) is 8.08. The number of nitrogens with zero attached hydrogens (tertiary/aromatic N) is 4. The van der Waals surface area contributed by atoms with Crippen molar-refractivity contribution in [2.24, 2.45) is 5.11 Å². The summed E-state index contributed by atoms with van der Waals surface area (Å²) in [6, 6.07) is 0.160. The summed E-state index contributed by atoms with van der Waals surface area (Å²) in [6.07, 6.45) is 0. The third-order valence-electron chi connectivity index (χ3n) is 1.84. The van der Waals surface area contributed by atoms with Crippen molar-refractivity contribution in [2.45, 2.75) is 26.8 Å². The van der Waals surface area contributed by atoms with E-state index < -0.39 is 0 Å². The molecular formula is C9H19N5O. The minimum absolute atomic E-state index is 0.00721. The molecule has 0 heterocycles. The average Bonchev–Trinajstić information content (AvgIpc) is 2.15. The van der Waals surface area contributed by atoms with Crippen LogP contribution in [0.1, 0.15) is 20.8 Å². The second-order valence-electron chi connectivity index (χ2n) is 3.55. The summed E-state index contributed by atoms with van der Waals surface area (Å²) in [5.74, 6) is 0.00721. The van der Waals surface area contributed by atoms with Crippen LogP contribution in [0.15, 0.2) is 5.11 Å². The lowest BCUT2D eigenvalue weighted by Gasteiger charge is -2.19. The number of hydrogen-bond acceptors (Lipinski definition) is 3. The van der Waals surface area contributed by atoms with Gasteiger partial charge in [0.2, 0.25) is 5.91 Å². The summed E-state index contributed by atoms with van der Waals surface area (Å²) < 4.78 is 0. The molecule has 1 amide bonds. The van der Waals surface area contributed by atoms with Gasteiger partial charge in [-0.2, -0.15) is 0 Å². The normalized spacial score (nSPS) is 10.2. The largest absolute Gasteiger partial charge is 0.353 e. The highest BCUT2D eigenvalue weighted by Gasteiger charge is 2.08. The summed E-state index contributed by atoms with van der Waals surface area (Å²) >= 11 is 0. The Morgan fingerprint density at radius 1 is 1.60 bits per heavy atom. The van der Waals surface area contributed by atoms with Gasteiger partial charge in [-0.3, -0.25) is 9.69 Å².